The number of fused-ring (bicyclic) bond motifs is 8. The minimum Gasteiger partial charge on any atom is -0.481 e. The van der Waals surface area contributed by atoms with Crippen LogP contribution in [0.25, 0.3) is 0 Å². The van der Waals surface area contributed by atoms with Crippen LogP contribution in [-0.4, -0.2) is 111 Å². The lowest BCUT2D eigenvalue weighted by Crippen LogP contribution is -2.51. The van der Waals surface area contributed by atoms with Gasteiger partial charge in [0.2, 0.25) is 0 Å². The first-order valence-electron chi connectivity index (χ1n) is 22.6. The molecule has 6 heterocycles. The maximum atomic E-state index is 12.1. The minimum absolute atomic E-state index is 0.143. The van der Waals surface area contributed by atoms with Crippen LogP contribution in [0.3, 0.4) is 0 Å². The van der Waals surface area contributed by atoms with Gasteiger partial charge in [-0.05, 0) is 78.6 Å². The molecule has 5 saturated heterocycles. The van der Waals surface area contributed by atoms with Crippen LogP contribution < -0.4 is 25.8 Å². The molecule has 1 aliphatic carbocycles. The number of hydrogen-bond donors (Lipinski definition) is 6. The number of nitrogens with one attached hydrogen (secondary N) is 4. The van der Waals surface area contributed by atoms with E-state index >= 15 is 0 Å². The van der Waals surface area contributed by atoms with Crippen LogP contribution in [0.1, 0.15) is 98.0 Å². The fraction of sp³-hybridized carbons (Fsp3) is 0.867. The number of pyridine rings is 1. The Hall–Kier alpha value is -1.70. The van der Waals surface area contributed by atoms with E-state index in [1.165, 1.54) is 12.0 Å². The summed E-state index contributed by atoms with van der Waals surface area (Å²) in [7, 11) is 1.68. The Morgan fingerprint density at radius 2 is 1.30 bits per heavy atom. The van der Waals surface area contributed by atoms with Gasteiger partial charge in [-0.1, -0.05) is 54.4 Å². The molecule has 1 aromatic heterocycles. The predicted octanol–water partition coefficient (Wildman–Crippen LogP) is 3.97. The number of nitrogens with zero attached hydrogens (tertiary/aromatic N) is 1. The van der Waals surface area contributed by atoms with Gasteiger partial charge in [0.15, 0.2) is 18.9 Å². The Morgan fingerprint density at radius 1 is 0.714 bits per heavy atom. The van der Waals surface area contributed by atoms with E-state index in [-0.39, 0.29) is 66.3 Å². The molecule has 7 rings (SSSR count). The standard InChI is InChI=1S/C45H75N5O6/c1-8-30-25(3)34-23-37-31(9-2)26(4)42(48-37)41(29-12-14-50(15-13-29)16-17-55-20-21-56-19-18-54-7)43-27(5)32(10-11-39(52)53)44(49-43)33-22-38(51)40-28(6)35(47-45(33)40)24-36(30)46-34/h12-15,25-28,30-38,40-49,51H,8-11,16-24H2,1-7H3/p+1. The highest BCUT2D eigenvalue weighted by Gasteiger charge is 2.60. The molecule has 1 aromatic rings. The van der Waals surface area contributed by atoms with Crippen molar-refractivity contribution < 1.29 is 33.8 Å². The lowest BCUT2D eigenvalue weighted by molar-refractivity contribution is -0.698. The molecule has 1 saturated carbocycles. The molecule has 19 unspecified atom stereocenters. The fourth-order valence-corrected chi connectivity index (χ4v) is 13.6. The zero-order valence-corrected chi connectivity index (χ0v) is 35.4. The molecular formula is C45H76N5O6+. The van der Waals surface area contributed by atoms with Crippen LogP contribution in [0.5, 0.6) is 0 Å². The number of rotatable bonds is 15. The summed E-state index contributed by atoms with van der Waals surface area (Å²) in [6.07, 6.45) is 10.3. The molecular weight excluding hydrogens is 707 g/mol. The van der Waals surface area contributed by atoms with Gasteiger partial charge in [-0.3, -0.25) is 4.79 Å². The molecule has 6 fully saturated rings. The summed E-state index contributed by atoms with van der Waals surface area (Å²) in [4.78, 5) is 12.1. The molecule has 11 heteroatoms. The zero-order chi connectivity index (χ0) is 39.7. The smallest absolute Gasteiger partial charge is 0.303 e. The number of carboxylic acids is 1. The summed E-state index contributed by atoms with van der Waals surface area (Å²) in [5.74, 6) is 3.15. The molecule has 0 aromatic carbocycles. The Bertz CT molecular complexity index is 1420. The van der Waals surface area contributed by atoms with Crippen molar-refractivity contribution in [3.05, 3.63) is 30.1 Å². The lowest BCUT2D eigenvalue weighted by Gasteiger charge is -2.36. The van der Waals surface area contributed by atoms with Crippen molar-refractivity contribution in [3.8, 4) is 0 Å². The largest absolute Gasteiger partial charge is 0.481 e. The van der Waals surface area contributed by atoms with E-state index in [2.05, 4.69) is 91.9 Å². The highest BCUT2D eigenvalue weighted by atomic mass is 16.5. The van der Waals surface area contributed by atoms with Crippen LogP contribution >= 0.6 is 0 Å². The van der Waals surface area contributed by atoms with Gasteiger partial charge in [0.05, 0.1) is 32.5 Å². The molecule has 316 valence electrons. The van der Waals surface area contributed by atoms with Crippen LogP contribution in [-0.2, 0) is 25.5 Å². The van der Waals surface area contributed by atoms with Crippen molar-refractivity contribution in [2.24, 2.45) is 53.3 Å². The number of hydrogen-bond acceptors (Lipinski definition) is 9. The van der Waals surface area contributed by atoms with Gasteiger partial charge in [-0.15, -0.1) is 0 Å². The van der Waals surface area contributed by atoms with Gasteiger partial charge < -0.3 is 45.7 Å². The van der Waals surface area contributed by atoms with Gasteiger partial charge in [-0.25, -0.2) is 4.57 Å². The Balaban J connectivity index is 1.21. The van der Waals surface area contributed by atoms with Crippen LogP contribution in [0, 0.1) is 53.3 Å². The van der Waals surface area contributed by atoms with Crippen molar-refractivity contribution in [2.75, 3.05) is 40.1 Å². The molecule has 0 spiro atoms. The average molecular weight is 783 g/mol. The first-order valence-corrected chi connectivity index (χ1v) is 22.6. The van der Waals surface area contributed by atoms with E-state index in [0.29, 0.717) is 93.2 Å². The lowest BCUT2D eigenvalue weighted by atomic mass is 9.71. The van der Waals surface area contributed by atoms with Gasteiger partial charge >= 0.3 is 5.97 Å². The number of aliphatic hydroxyl groups excluding tert-OH is 1. The molecule has 0 amide bonds. The van der Waals surface area contributed by atoms with Gasteiger partial charge in [-0.2, -0.15) is 0 Å². The number of carbonyl (C=O) groups is 1. The summed E-state index contributed by atoms with van der Waals surface area (Å²) < 4.78 is 18.7. The van der Waals surface area contributed by atoms with E-state index in [0.717, 1.165) is 32.2 Å². The van der Waals surface area contributed by atoms with Gasteiger partial charge in [0, 0.05) is 85.8 Å². The third kappa shape index (κ3) is 8.49. The van der Waals surface area contributed by atoms with E-state index in [1.807, 2.05) is 0 Å². The van der Waals surface area contributed by atoms with E-state index in [4.69, 9.17) is 14.2 Å². The number of carboxylic acid groups (broad SMARTS) is 1. The summed E-state index contributed by atoms with van der Waals surface area (Å²) in [6.45, 7) is 18.2. The quantitative estimate of drug-likeness (QED) is 0.115. The maximum Gasteiger partial charge on any atom is 0.303 e. The minimum atomic E-state index is -0.719. The third-order valence-electron chi connectivity index (χ3n) is 16.5. The van der Waals surface area contributed by atoms with Gasteiger partial charge in [0.25, 0.3) is 0 Å². The summed E-state index contributed by atoms with van der Waals surface area (Å²) >= 11 is 0. The molecule has 6 aliphatic rings. The van der Waals surface area contributed by atoms with Crippen molar-refractivity contribution in [3.63, 3.8) is 0 Å². The average Bonchev–Trinajstić information content (AvgIpc) is 3.94. The van der Waals surface area contributed by atoms with Crippen molar-refractivity contribution in [2.45, 2.75) is 153 Å². The Labute approximate surface area is 337 Å². The second-order valence-electron chi connectivity index (χ2n) is 19.0. The molecule has 6 N–H and O–H groups in total. The number of methoxy groups -OCH3 is 1. The van der Waals surface area contributed by atoms with Gasteiger partial charge in [0.1, 0.15) is 6.61 Å². The number of aromatic nitrogens is 1. The first kappa shape index (κ1) is 42.4. The second-order valence-corrected chi connectivity index (χ2v) is 19.0. The van der Waals surface area contributed by atoms with Crippen LogP contribution in [0.2, 0.25) is 0 Å². The normalized spacial score (nSPS) is 44.5. The van der Waals surface area contributed by atoms with E-state index in [1.54, 1.807) is 7.11 Å². The molecule has 11 nitrogen and oxygen atoms in total. The fourth-order valence-electron chi connectivity index (χ4n) is 13.6. The Kier molecular flexibility index (Phi) is 14.2. The number of aliphatic carboxylic acids is 1. The molecule has 19 atom stereocenters. The van der Waals surface area contributed by atoms with E-state index < -0.39 is 5.97 Å². The number of ether oxygens (including phenoxy) is 3. The van der Waals surface area contributed by atoms with Crippen LogP contribution in [0.4, 0.5) is 0 Å². The molecule has 0 radical (unpaired) electrons. The van der Waals surface area contributed by atoms with Crippen LogP contribution in [0.15, 0.2) is 24.5 Å². The van der Waals surface area contributed by atoms with Crippen molar-refractivity contribution >= 4 is 5.97 Å². The monoisotopic (exact) mass is 783 g/mol. The maximum absolute atomic E-state index is 12.1. The highest BCUT2D eigenvalue weighted by Crippen LogP contribution is 2.52. The SMILES string of the molecule is CCC1C2CC3NC4C(CC(O)C4C3C)C3NC(C(C)C3CCC(=O)O)C(c3cc[n+](CCOCCOCCOC)cc3)C3NC(CC(N2)C1C)C(CC)C3C. The summed E-state index contributed by atoms with van der Waals surface area (Å²) in [5.41, 5.74) is 1.34. The predicted molar refractivity (Wildman–Crippen MR) is 217 cm³/mol. The zero-order valence-electron chi connectivity index (χ0n) is 35.4. The topological polar surface area (TPSA) is 137 Å². The highest BCUT2D eigenvalue weighted by molar-refractivity contribution is 5.66. The summed E-state index contributed by atoms with van der Waals surface area (Å²) in [6, 6.07) is 7.24. The molecule has 56 heavy (non-hydrogen) atoms. The van der Waals surface area contributed by atoms with Crippen molar-refractivity contribution in [1.82, 2.24) is 21.3 Å². The molecule has 5 aliphatic heterocycles. The third-order valence-corrected chi connectivity index (χ3v) is 16.5. The second kappa shape index (κ2) is 18.7. The number of aliphatic hydroxyl groups is 1. The first-order chi connectivity index (χ1) is 27.1. The Morgan fingerprint density at radius 3 is 1.98 bits per heavy atom. The van der Waals surface area contributed by atoms with E-state index in [9.17, 15) is 15.0 Å². The summed E-state index contributed by atoms with van der Waals surface area (Å²) in [5, 5.41) is 38.9. The molecule has 8 bridgehead atoms. The van der Waals surface area contributed by atoms with Crippen molar-refractivity contribution in [1.29, 1.82) is 0 Å².